The molecule has 0 spiro atoms. The molecule has 0 fully saturated rings. The molecule has 0 aliphatic heterocycles. The van der Waals surface area contributed by atoms with E-state index in [-0.39, 0.29) is 5.78 Å². The smallest absolute Gasteiger partial charge is 0.185 e. The lowest BCUT2D eigenvalue weighted by molar-refractivity contribution is 0.104. The maximum atomic E-state index is 12.4. The maximum absolute atomic E-state index is 12.4. The summed E-state index contributed by atoms with van der Waals surface area (Å²) in [4.78, 5) is 12.4. The van der Waals surface area contributed by atoms with Gasteiger partial charge in [0.2, 0.25) is 0 Å². The summed E-state index contributed by atoms with van der Waals surface area (Å²) in [6, 6.07) is 11.0. The molecule has 138 valence electrons. The van der Waals surface area contributed by atoms with Crippen molar-refractivity contribution in [1.29, 1.82) is 0 Å². The van der Waals surface area contributed by atoms with Crippen LogP contribution < -0.4 is 14.2 Å². The summed E-state index contributed by atoms with van der Waals surface area (Å²) >= 11 is 0. The highest BCUT2D eigenvalue weighted by molar-refractivity contribution is 6.06. The van der Waals surface area contributed by atoms with Gasteiger partial charge in [-0.3, -0.25) is 4.79 Å². The van der Waals surface area contributed by atoms with Crippen LogP contribution in [0.5, 0.6) is 17.2 Å². The largest absolute Gasteiger partial charge is 0.494 e. The molecule has 4 heteroatoms. The fraction of sp³-hybridized carbons (Fsp3) is 0.318. The van der Waals surface area contributed by atoms with E-state index >= 15 is 0 Å². The minimum atomic E-state index is -0.0652. The molecule has 0 aliphatic carbocycles. The van der Waals surface area contributed by atoms with Crippen LogP contribution in [0.15, 0.2) is 42.5 Å². The standard InChI is InChI=1S/C22H26O4/c1-5-24-19-11-9-18(10-12-19)20(23)13-8-17-14-21(25-6-2)16(4)22(15-17)26-7-3/h8-15H,5-7H2,1-4H3/b13-8+. The van der Waals surface area contributed by atoms with Crippen molar-refractivity contribution in [3.05, 3.63) is 59.2 Å². The topological polar surface area (TPSA) is 44.8 Å². The van der Waals surface area contributed by atoms with E-state index in [0.717, 1.165) is 28.4 Å². The Balaban J connectivity index is 2.21. The number of carbonyl (C=O) groups is 1. The van der Waals surface area contributed by atoms with Crippen LogP contribution in [0.25, 0.3) is 6.08 Å². The summed E-state index contributed by atoms with van der Waals surface area (Å²) < 4.78 is 16.8. The molecular formula is C22H26O4. The average Bonchev–Trinajstić information content (AvgIpc) is 2.64. The van der Waals surface area contributed by atoms with E-state index in [4.69, 9.17) is 14.2 Å². The second kappa shape index (κ2) is 9.66. The van der Waals surface area contributed by atoms with Crippen molar-refractivity contribution in [2.24, 2.45) is 0 Å². The summed E-state index contributed by atoms with van der Waals surface area (Å²) in [6.45, 7) is 9.53. The van der Waals surface area contributed by atoms with Crippen LogP contribution in [0.4, 0.5) is 0 Å². The van der Waals surface area contributed by atoms with Gasteiger partial charge in [0, 0.05) is 11.1 Å². The highest BCUT2D eigenvalue weighted by Crippen LogP contribution is 2.30. The van der Waals surface area contributed by atoms with Crippen LogP contribution in [-0.4, -0.2) is 25.6 Å². The normalized spacial score (nSPS) is 10.8. The fourth-order valence-electron chi connectivity index (χ4n) is 2.54. The minimum absolute atomic E-state index is 0.0652. The second-order valence-corrected chi connectivity index (χ2v) is 5.66. The molecule has 0 amide bonds. The number of hydrogen-bond donors (Lipinski definition) is 0. The zero-order chi connectivity index (χ0) is 18.9. The van der Waals surface area contributed by atoms with Gasteiger partial charge in [-0.15, -0.1) is 0 Å². The molecular weight excluding hydrogens is 328 g/mol. The molecule has 2 aromatic carbocycles. The molecule has 0 atom stereocenters. The highest BCUT2D eigenvalue weighted by Gasteiger charge is 2.09. The minimum Gasteiger partial charge on any atom is -0.494 e. The maximum Gasteiger partial charge on any atom is 0.185 e. The molecule has 2 rings (SSSR count). The molecule has 0 N–H and O–H groups in total. The lowest BCUT2D eigenvalue weighted by atomic mass is 10.1. The van der Waals surface area contributed by atoms with Crippen molar-refractivity contribution < 1.29 is 19.0 Å². The molecule has 0 saturated carbocycles. The van der Waals surface area contributed by atoms with E-state index in [2.05, 4.69) is 0 Å². The zero-order valence-electron chi connectivity index (χ0n) is 15.9. The van der Waals surface area contributed by atoms with Crippen molar-refractivity contribution in [3.8, 4) is 17.2 Å². The molecule has 26 heavy (non-hydrogen) atoms. The lowest BCUT2D eigenvalue weighted by Crippen LogP contribution is -2.00. The Labute approximate surface area is 155 Å². The number of ketones is 1. The number of ether oxygens (including phenoxy) is 3. The third-order valence-corrected chi connectivity index (χ3v) is 3.81. The second-order valence-electron chi connectivity index (χ2n) is 5.66. The van der Waals surface area contributed by atoms with Crippen molar-refractivity contribution in [1.82, 2.24) is 0 Å². The quantitative estimate of drug-likeness (QED) is 0.465. The van der Waals surface area contributed by atoms with Crippen LogP contribution >= 0.6 is 0 Å². The predicted molar refractivity (Wildman–Crippen MR) is 104 cm³/mol. The number of benzene rings is 2. The van der Waals surface area contributed by atoms with E-state index in [1.165, 1.54) is 0 Å². The summed E-state index contributed by atoms with van der Waals surface area (Å²) in [6.07, 6.45) is 3.34. The molecule has 0 saturated heterocycles. The Morgan fingerprint density at radius 2 is 1.42 bits per heavy atom. The van der Waals surface area contributed by atoms with Gasteiger partial charge in [0.15, 0.2) is 5.78 Å². The van der Waals surface area contributed by atoms with E-state index < -0.39 is 0 Å². The van der Waals surface area contributed by atoms with Crippen molar-refractivity contribution in [3.63, 3.8) is 0 Å². The lowest BCUT2D eigenvalue weighted by Gasteiger charge is -2.13. The van der Waals surface area contributed by atoms with Crippen molar-refractivity contribution in [2.45, 2.75) is 27.7 Å². The molecule has 4 nitrogen and oxygen atoms in total. The van der Waals surface area contributed by atoms with Gasteiger partial charge in [0.25, 0.3) is 0 Å². The van der Waals surface area contributed by atoms with Gasteiger partial charge in [-0.05, 0) is 75.7 Å². The average molecular weight is 354 g/mol. The fourth-order valence-corrected chi connectivity index (χ4v) is 2.54. The van der Waals surface area contributed by atoms with Gasteiger partial charge in [0.1, 0.15) is 17.2 Å². The molecule has 0 aliphatic rings. The molecule has 0 radical (unpaired) electrons. The molecule has 0 unspecified atom stereocenters. The monoisotopic (exact) mass is 354 g/mol. The Morgan fingerprint density at radius 1 is 0.885 bits per heavy atom. The first-order valence-electron chi connectivity index (χ1n) is 8.94. The Hall–Kier alpha value is -2.75. The zero-order valence-corrected chi connectivity index (χ0v) is 15.9. The first-order chi connectivity index (χ1) is 12.6. The Bertz CT molecular complexity index is 733. The summed E-state index contributed by atoms with van der Waals surface area (Å²) in [5.74, 6) is 2.23. The molecule has 2 aromatic rings. The summed E-state index contributed by atoms with van der Waals surface area (Å²) in [5, 5.41) is 0. The van der Waals surface area contributed by atoms with Crippen LogP contribution in [0.3, 0.4) is 0 Å². The molecule has 0 bridgehead atoms. The van der Waals surface area contributed by atoms with Crippen LogP contribution in [0.1, 0.15) is 42.3 Å². The van der Waals surface area contributed by atoms with Gasteiger partial charge < -0.3 is 14.2 Å². The SMILES string of the molecule is CCOc1ccc(C(=O)/C=C/c2cc(OCC)c(C)c(OCC)c2)cc1. The number of rotatable bonds is 9. The Morgan fingerprint density at radius 3 is 1.92 bits per heavy atom. The van der Waals surface area contributed by atoms with E-state index in [1.54, 1.807) is 36.4 Å². The highest BCUT2D eigenvalue weighted by atomic mass is 16.5. The summed E-state index contributed by atoms with van der Waals surface area (Å²) in [5.41, 5.74) is 2.44. The summed E-state index contributed by atoms with van der Waals surface area (Å²) in [7, 11) is 0. The predicted octanol–water partition coefficient (Wildman–Crippen LogP) is 5.09. The van der Waals surface area contributed by atoms with Gasteiger partial charge in [0.05, 0.1) is 19.8 Å². The van der Waals surface area contributed by atoms with Gasteiger partial charge in [-0.1, -0.05) is 6.08 Å². The first-order valence-corrected chi connectivity index (χ1v) is 8.94. The molecule has 0 heterocycles. The van der Waals surface area contributed by atoms with Crippen LogP contribution in [-0.2, 0) is 0 Å². The van der Waals surface area contributed by atoms with Gasteiger partial charge in [-0.25, -0.2) is 0 Å². The first kappa shape index (κ1) is 19.6. The Kier molecular flexibility index (Phi) is 7.27. The molecule has 0 aromatic heterocycles. The van der Waals surface area contributed by atoms with E-state index in [0.29, 0.717) is 25.4 Å². The van der Waals surface area contributed by atoms with Crippen LogP contribution in [0, 0.1) is 6.92 Å². The van der Waals surface area contributed by atoms with E-state index in [1.807, 2.05) is 39.8 Å². The third-order valence-electron chi connectivity index (χ3n) is 3.81. The number of allylic oxidation sites excluding steroid dienone is 1. The number of hydrogen-bond acceptors (Lipinski definition) is 4. The third kappa shape index (κ3) is 5.12. The van der Waals surface area contributed by atoms with Gasteiger partial charge >= 0.3 is 0 Å². The van der Waals surface area contributed by atoms with Crippen LogP contribution in [0.2, 0.25) is 0 Å². The van der Waals surface area contributed by atoms with Gasteiger partial charge in [-0.2, -0.15) is 0 Å². The van der Waals surface area contributed by atoms with Crippen molar-refractivity contribution in [2.75, 3.05) is 19.8 Å². The van der Waals surface area contributed by atoms with E-state index in [9.17, 15) is 4.79 Å². The number of carbonyl (C=O) groups excluding carboxylic acids is 1. The van der Waals surface area contributed by atoms with Crippen molar-refractivity contribution >= 4 is 11.9 Å².